The molecule has 1 heteroatoms. The average Bonchev–Trinajstić information content (AvgIpc) is 2.26. The van der Waals surface area contributed by atoms with E-state index in [-0.39, 0.29) is 5.41 Å². The second kappa shape index (κ2) is 2.32. The molecule has 0 bridgehead atoms. The first kappa shape index (κ1) is 7.78. The van der Waals surface area contributed by atoms with Gasteiger partial charge in [0.25, 0.3) is 0 Å². The predicted octanol–water partition coefficient (Wildman–Crippen LogP) is 2.63. The molecule has 0 N–H and O–H groups in total. The van der Waals surface area contributed by atoms with Crippen LogP contribution in [0, 0.1) is 5.41 Å². The lowest BCUT2D eigenvalue weighted by atomic mass is 9.73. The van der Waals surface area contributed by atoms with Crippen molar-refractivity contribution in [2.24, 2.45) is 5.41 Å². The van der Waals surface area contributed by atoms with Crippen LogP contribution in [0.3, 0.4) is 0 Å². The third kappa shape index (κ3) is 0.961. The van der Waals surface area contributed by atoms with Gasteiger partial charge in [-0.2, -0.15) is 0 Å². The summed E-state index contributed by atoms with van der Waals surface area (Å²) in [4.78, 5) is 11.3. The summed E-state index contributed by atoms with van der Waals surface area (Å²) in [5, 5.41) is 0. The van der Waals surface area contributed by atoms with E-state index in [1.807, 2.05) is 6.08 Å². The smallest absolute Gasteiger partial charge is 0.156 e. The zero-order valence-corrected chi connectivity index (χ0v) is 7.68. The lowest BCUT2D eigenvalue weighted by Crippen LogP contribution is -2.19. The van der Waals surface area contributed by atoms with Crippen molar-refractivity contribution in [3.63, 3.8) is 0 Å². The van der Waals surface area contributed by atoms with Gasteiger partial charge in [0.1, 0.15) is 0 Å². The van der Waals surface area contributed by atoms with E-state index in [4.69, 9.17) is 0 Å². The van der Waals surface area contributed by atoms with E-state index in [9.17, 15) is 4.79 Å². The molecule has 0 aromatic carbocycles. The molecular formula is C11H14O. The van der Waals surface area contributed by atoms with Crippen LogP contribution in [0.15, 0.2) is 23.3 Å². The molecule has 0 aliphatic heterocycles. The molecule has 0 radical (unpaired) electrons. The van der Waals surface area contributed by atoms with Crippen LogP contribution >= 0.6 is 0 Å². The largest absolute Gasteiger partial charge is 0.295 e. The fourth-order valence-electron chi connectivity index (χ4n) is 2.40. The summed E-state index contributed by atoms with van der Waals surface area (Å²) in [5.41, 5.74) is 2.78. The summed E-state index contributed by atoms with van der Waals surface area (Å²) in [7, 11) is 0. The van der Waals surface area contributed by atoms with Gasteiger partial charge in [0.2, 0.25) is 0 Å². The Hall–Kier alpha value is -0.850. The Morgan fingerprint density at radius 1 is 1.50 bits per heavy atom. The maximum Gasteiger partial charge on any atom is 0.156 e. The molecule has 0 aromatic heterocycles. The van der Waals surface area contributed by atoms with E-state index in [2.05, 4.69) is 19.9 Å². The Balaban J connectivity index is 2.46. The minimum atomic E-state index is 0.177. The van der Waals surface area contributed by atoms with Gasteiger partial charge in [-0.3, -0.25) is 4.79 Å². The van der Waals surface area contributed by atoms with E-state index < -0.39 is 0 Å². The van der Waals surface area contributed by atoms with Crippen LogP contribution in [0.5, 0.6) is 0 Å². The molecule has 0 unspecified atom stereocenters. The monoisotopic (exact) mass is 162 g/mol. The first-order valence-electron chi connectivity index (χ1n) is 4.54. The van der Waals surface area contributed by atoms with E-state index in [1.54, 1.807) is 0 Å². The highest BCUT2D eigenvalue weighted by Gasteiger charge is 2.38. The standard InChI is InChI=1S/C11H14O/c1-8-4-3-5-11(2)7-9(12)6-10(8)11/h4,6H,3,5,7H2,1-2H3/t11-/m1/s1. The fourth-order valence-corrected chi connectivity index (χ4v) is 2.40. The molecule has 2 aliphatic carbocycles. The Bertz CT molecular complexity index is 296. The molecule has 2 aliphatic rings. The van der Waals surface area contributed by atoms with Gasteiger partial charge in [-0.15, -0.1) is 0 Å². The fraction of sp³-hybridized carbons (Fsp3) is 0.545. The molecule has 12 heavy (non-hydrogen) atoms. The van der Waals surface area contributed by atoms with Crippen LogP contribution in [0.1, 0.15) is 33.1 Å². The van der Waals surface area contributed by atoms with Gasteiger partial charge >= 0.3 is 0 Å². The zero-order valence-electron chi connectivity index (χ0n) is 7.68. The Morgan fingerprint density at radius 3 is 2.92 bits per heavy atom. The van der Waals surface area contributed by atoms with E-state index in [0.717, 1.165) is 19.3 Å². The molecule has 1 atom stereocenters. The summed E-state index contributed by atoms with van der Waals surface area (Å²) < 4.78 is 0. The number of allylic oxidation sites excluding steroid dienone is 4. The minimum absolute atomic E-state index is 0.177. The number of rotatable bonds is 0. The van der Waals surface area contributed by atoms with Gasteiger partial charge < -0.3 is 0 Å². The van der Waals surface area contributed by atoms with E-state index in [1.165, 1.54) is 11.1 Å². The van der Waals surface area contributed by atoms with Gasteiger partial charge in [0.15, 0.2) is 5.78 Å². The van der Waals surface area contributed by atoms with Crippen molar-refractivity contribution in [1.82, 2.24) is 0 Å². The molecule has 1 nitrogen and oxygen atoms in total. The molecule has 0 spiro atoms. The summed E-state index contributed by atoms with van der Waals surface area (Å²) in [6.45, 7) is 4.32. The van der Waals surface area contributed by atoms with Crippen LogP contribution in [0.4, 0.5) is 0 Å². The number of ketones is 1. The third-order valence-electron chi connectivity index (χ3n) is 3.09. The molecule has 0 saturated carbocycles. The topological polar surface area (TPSA) is 17.1 Å². The normalized spacial score (nSPS) is 34.3. The van der Waals surface area contributed by atoms with Crippen LogP contribution < -0.4 is 0 Å². The second-order valence-electron chi connectivity index (χ2n) is 4.19. The lowest BCUT2D eigenvalue weighted by Gasteiger charge is -2.31. The van der Waals surface area contributed by atoms with Crippen LogP contribution in [0.2, 0.25) is 0 Å². The molecule has 64 valence electrons. The quantitative estimate of drug-likeness (QED) is 0.535. The van der Waals surface area contributed by atoms with Gasteiger partial charge in [-0.25, -0.2) is 0 Å². The van der Waals surface area contributed by atoms with E-state index >= 15 is 0 Å². The lowest BCUT2D eigenvalue weighted by molar-refractivity contribution is -0.115. The highest BCUT2D eigenvalue weighted by atomic mass is 16.1. The Kier molecular flexibility index (Phi) is 1.50. The SMILES string of the molecule is CC1=CCC[C@]2(C)CC(=O)C=C12. The average molecular weight is 162 g/mol. The third-order valence-corrected chi connectivity index (χ3v) is 3.09. The second-order valence-corrected chi connectivity index (χ2v) is 4.19. The van der Waals surface area contributed by atoms with Crippen molar-refractivity contribution >= 4 is 5.78 Å². The Labute approximate surface area is 73.2 Å². The summed E-state index contributed by atoms with van der Waals surface area (Å²) in [6.07, 6.45) is 7.08. The van der Waals surface area contributed by atoms with Gasteiger partial charge in [-0.05, 0) is 31.4 Å². The van der Waals surface area contributed by atoms with Crippen LogP contribution in [-0.4, -0.2) is 5.78 Å². The van der Waals surface area contributed by atoms with Crippen molar-refractivity contribution in [1.29, 1.82) is 0 Å². The highest BCUT2D eigenvalue weighted by Crippen LogP contribution is 2.47. The Morgan fingerprint density at radius 2 is 2.25 bits per heavy atom. The van der Waals surface area contributed by atoms with Gasteiger partial charge in [-0.1, -0.05) is 18.6 Å². The molecule has 0 fully saturated rings. The number of hydrogen-bond donors (Lipinski definition) is 0. The van der Waals surface area contributed by atoms with Crippen LogP contribution in [-0.2, 0) is 4.79 Å². The number of fused-ring (bicyclic) bond motifs is 1. The molecule has 0 heterocycles. The van der Waals surface area contributed by atoms with Crippen LogP contribution in [0.25, 0.3) is 0 Å². The highest BCUT2D eigenvalue weighted by molar-refractivity contribution is 5.95. The minimum Gasteiger partial charge on any atom is -0.295 e. The van der Waals surface area contributed by atoms with Gasteiger partial charge in [0.05, 0.1) is 0 Å². The maximum atomic E-state index is 11.3. The van der Waals surface area contributed by atoms with Crippen molar-refractivity contribution in [2.75, 3.05) is 0 Å². The van der Waals surface area contributed by atoms with Crippen molar-refractivity contribution in [3.8, 4) is 0 Å². The molecule has 2 rings (SSSR count). The number of carbonyl (C=O) groups is 1. The molecule has 0 amide bonds. The molecule has 0 aromatic rings. The zero-order chi connectivity index (χ0) is 8.77. The molecule has 0 saturated heterocycles. The summed E-state index contributed by atoms with van der Waals surface area (Å²) in [5.74, 6) is 0.308. The predicted molar refractivity (Wildman–Crippen MR) is 48.8 cm³/mol. The number of hydrogen-bond acceptors (Lipinski definition) is 1. The van der Waals surface area contributed by atoms with E-state index in [0.29, 0.717) is 5.78 Å². The van der Waals surface area contributed by atoms with Gasteiger partial charge in [0, 0.05) is 11.8 Å². The number of carbonyl (C=O) groups excluding carboxylic acids is 1. The summed E-state index contributed by atoms with van der Waals surface area (Å²) in [6, 6.07) is 0. The first-order chi connectivity index (χ1) is 5.62. The molecular weight excluding hydrogens is 148 g/mol. The maximum absolute atomic E-state index is 11.3. The van der Waals surface area contributed by atoms with Crippen molar-refractivity contribution < 1.29 is 4.79 Å². The first-order valence-corrected chi connectivity index (χ1v) is 4.54. The van der Waals surface area contributed by atoms with Crippen molar-refractivity contribution in [2.45, 2.75) is 33.1 Å². The van der Waals surface area contributed by atoms with Crippen molar-refractivity contribution in [3.05, 3.63) is 23.3 Å². The summed E-state index contributed by atoms with van der Waals surface area (Å²) >= 11 is 0.